The van der Waals surface area contributed by atoms with Crippen LogP contribution in [-0.2, 0) is 5.41 Å². The first-order valence-corrected chi connectivity index (χ1v) is 24.2. The van der Waals surface area contributed by atoms with Gasteiger partial charge < -0.3 is 4.90 Å². The number of fused-ring (bicyclic) bond motifs is 5. The number of nitrogens with zero attached hydrogens (tertiary/aromatic N) is 1. The lowest BCUT2D eigenvalue weighted by Gasteiger charge is -2.34. The van der Waals surface area contributed by atoms with E-state index in [1.807, 2.05) is 0 Å². The van der Waals surface area contributed by atoms with E-state index in [9.17, 15) is 0 Å². The fraction of sp³-hybridized carbons (Fsp3) is 0.0145. The topological polar surface area (TPSA) is 3.24 Å². The molecule has 13 rings (SSSR count). The second-order valence-corrected chi connectivity index (χ2v) is 18.4. The monoisotopic (exact) mass is 889 g/mol. The standard InChI is InChI=1S/C69H47N/c1-2-15-48(16-3-1)49-31-39-56(40-32-49)69(67-29-10-8-25-65(67)66-26-9-11-30-68(66)69)57-22-12-21-55(47-57)50-33-41-58(42-34-50)70(59-43-35-53(36-44-59)63-27-13-19-51-17-4-6-23-61(51)63)60-45-37-54(38-46-60)64-28-14-20-52-18-5-7-24-62(52)64/h1-47H. The molecule has 12 aromatic rings. The van der Waals surface area contributed by atoms with Gasteiger partial charge in [-0.1, -0.05) is 243 Å². The molecule has 0 radical (unpaired) electrons. The summed E-state index contributed by atoms with van der Waals surface area (Å²) < 4.78 is 0. The van der Waals surface area contributed by atoms with Crippen molar-refractivity contribution in [3.05, 3.63) is 307 Å². The largest absolute Gasteiger partial charge is 0.311 e. The average molecular weight is 890 g/mol. The summed E-state index contributed by atoms with van der Waals surface area (Å²) in [6.45, 7) is 0. The van der Waals surface area contributed by atoms with Gasteiger partial charge in [-0.15, -0.1) is 0 Å². The molecule has 0 amide bonds. The first-order chi connectivity index (χ1) is 34.7. The minimum atomic E-state index is -0.508. The Balaban J connectivity index is 0.903. The molecular formula is C69H47N. The summed E-state index contributed by atoms with van der Waals surface area (Å²) in [7, 11) is 0. The van der Waals surface area contributed by atoms with Crippen LogP contribution < -0.4 is 4.90 Å². The molecule has 0 aliphatic heterocycles. The van der Waals surface area contributed by atoms with E-state index >= 15 is 0 Å². The Morgan fingerprint density at radius 1 is 0.229 bits per heavy atom. The van der Waals surface area contributed by atoms with E-state index in [1.54, 1.807) is 0 Å². The zero-order valence-electron chi connectivity index (χ0n) is 38.6. The Morgan fingerprint density at radius 2 is 0.600 bits per heavy atom. The summed E-state index contributed by atoms with van der Waals surface area (Å²) >= 11 is 0. The van der Waals surface area contributed by atoms with Crippen LogP contribution in [0.3, 0.4) is 0 Å². The fourth-order valence-corrected chi connectivity index (χ4v) is 11.3. The molecule has 0 unspecified atom stereocenters. The van der Waals surface area contributed by atoms with E-state index in [0.29, 0.717) is 0 Å². The Bertz CT molecular complexity index is 3670. The third kappa shape index (κ3) is 6.94. The lowest BCUT2D eigenvalue weighted by molar-refractivity contribution is 0.769. The van der Waals surface area contributed by atoms with Crippen molar-refractivity contribution >= 4 is 38.6 Å². The minimum absolute atomic E-state index is 0.508. The number of hydrogen-bond acceptors (Lipinski definition) is 1. The van der Waals surface area contributed by atoms with Crippen molar-refractivity contribution < 1.29 is 0 Å². The van der Waals surface area contributed by atoms with E-state index in [-0.39, 0.29) is 0 Å². The number of rotatable bonds is 9. The van der Waals surface area contributed by atoms with Crippen molar-refractivity contribution in [1.29, 1.82) is 0 Å². The van der Waals surface area contributed by atoms with Gasteiger partial charge in [0.15, 0.2) is 0 Å². The van der Waals surface area contributed by atoms with E-state index < -0.39 is 5.41 Å². The molecule has 1 nitrogen and oxygen atoms in total. The molecule has 328 valence electrons. The molecule has 70 heavy (non-hydrogen) atoms. The molecule has 1 heteroatoms. The molecule has 0 aromatic heterocycles. The highest BCUT2D eigenvalue weighted by Gasteiger charge is 2.46. The SMILES string of the molecule is c1ccc(-c2ccc(C3(c4cccc(-c5ccc(N(c6ccc(-c7cccc8ccccc78)cc6)c6ccc(-c7cccc8ccccc78)cc6)cc5)c4)c4ccccc4-c4ccccc43)cc2)cc1. The van der Waals surface area contributed by atoms with Crippen LogP contribution in [0.2, 0.25) is 0 Å². The number of hydrogen-bond donors (Lipinski definition) is 0. The van der Waals surface area contributed by atoms with Gasteiger partial charge in [-0.25, -0.2) is 0 Å². The Hall–Kier alpha value is -9.04. The summed E-state index contributed by atoms with van der Waals surface area (Å²) in [6, 6.07) is 105. The average Bonchev–Trinajstić information content (AvgIpc) is 3.75. The van der Waals surface area contributed by atoms with Crippen LogP contribution in [0.1, 0.15) is 22.3 Å². The highest BCUT2D eigenvalue weighted by Crippen LogP contribution is 2.56. The van der Waals surface area contributed by atoms with Crippen LogP contribution in [0.4, 0.5) is 17.1 Å². The molecule has 1 aliphatic rings. The molecule has 12 aromatic carbocycles. The molecule has 0 heterocycles. The van der Waals surface area contributed by atoms with Gasteiger partial charge in [-0.05, 0) is 142 Å². The van der Waals surface area contributed by atoms with Crippen molar-refractivity contribution in [2.24, 2.45) is 0 Å². The molecule has 0 fully saturated rings. The number of anilines is 3. The highest BCUT2D eigenvalue weighted by atomic mass is 15.1. The third-order valence-electron chi connectivity index (χ3n) is 14.6. The molecule has 0 N–H and O–H groups in total. The van der Waals surface area contributed by atoms with Crippen LogP contribution in [0.5, 0.6) is 0 Å². The second-order valence-electron chi connectivity index (χ2n) is 18.4. The van der Waals surface area contributed by atoms with Gasteiger partial charge >= 0.3 is 0 Å². The van der Waals surface area contributed by atoms with Crippen LogP contribution in [0.25, 0.3) is 77.2 Å². The maximum atomic E-state index is 2.43. The normalized spacial score (nSPS) is 12.4. The van der Waals surface area contributed by atoms with E-state index in [0.717, 1.165) is 22.6 Å². The van der Waals surface area contributed by atoms with E-state index in [4.69, 9.17) is 0 Å². The zero-order valence-corrected chi connectivity index (χ0v) is 38.6. The predicted molar refractivity (Wildman–Crippen MR) is 295 cm³/mol. The van der Waals surface area contributed by atoms with Crippen molar-refractivity contribution in [2.75, 3.05) is 4.90 Å². The molecule has 0 bridgehead atoms. The summed E-state index contributed by atoms with van der Waals surface area (Å²) in [4.78, 5) is 2.38. The smallest absolute Gasteiger partial charge is 0.0713 e. The summed E-state index contributed by atoms with van der Waals surface area (Å²) in [5.41, 5.74) is 20.1. The van der Waals surface area contributed by atoms with Gasteiger partial charge in [-0.2, -0.15) is 0 Å². The van der Waals surface area contributed by atoms with Gasteiger partial charge in [0.25, 0.3) is 0 Å². The maximum Gasteiger partial charge on any atom is 0.0713 e. The van der Waals surface area contributed by atoms with Crippen molar-refractivity contribution in [3.8, 4) is 55.6 Å². The molecule has 0 atom stereocenters. The van der Waals surface area contributed by atoms with Crippen LogP contribution >= 0.6 is 0 Å². The Kier molecular flexibility index (Phi) is 10.1. The van der Waals surface area contributed by atoms with Gasteiger partial charge in [0.05, 0.1) is 5.41 Å². The maximum absolute atomic E-state index is 2.43. The highest BCUT2D eigenvalue weighted by molar-refractivity contribution is 5.98. The summed E-state index contributed by atoms with van der Waals surface area (Å²) in [6.07, 6.45) is 0. The van der Waals surface area contributed by atoms with E-state index in [1.165, 1.54) is 93.9 Å². The summed E-state index contributed by atoms with van der Waals surface area (Å²) in [5, 5.41) is 5.00. The van der Waals surface area contributed by atoms with Gasteiger partial charge in [0, 0.05) is 17.1 Å². The lowest BCUT2D eigenvalue weighted by atomic mass is 9.67. The van der Waals surface area contributed by atoms with Crippen LogP contribution in [0.15, 0.2) is 285 Å². The quantitative estimate of drug-likeness (QED) is 0.140. The predicted octanol–water partition coefficient (Wildman–Crippen LogP) is 18.5. The van der Waals surface area contributed by atoms with E-state index in [2.05, 4.69) is 290 Å². The third-order valence-corrected chi connectivity index (χ3v) is 14.6. The van der Waals surface area contributed by atoms with Crippen molar-refractivity contribution in [3.63, 3.8) is 0 Å². The first-order valence-electron chi connectivity index (χ1n) is 24.2. The second kappa shape index (κ2) is 17.2. The van der Waals surface area contributed by atoms with Gasteiger partial charge in [0.2, 0.25) is 0 Å². The van der Waals surface area contributed by atoms with Crippen molar-refractivity contribution in [1.82, 2.24) is 0 Å². The van der Waals surface area contributed by atoms with Crippen LogP contribution in [-0.4, -0.2) is 0 Å². The van der Waals surface area contributed by atoms with Crippen molar-refractivity contribution in [2.45, 2.75) is 5.41 Å². The molecule has 0 spiro atoms. The van der Waals surface area contributed by atoms with Crippen LogP contribution in [0, 0.1) is 0 Å². The first kappa shape index (κ1) is 41.2. The molecule has 1 aliphatic carbocycles. The molecule has 0 saturated carbocycles. The zero-order chi connectivity index (χ0) is 46.4. The number of benzene rings is 12. The van der Waals surface area contributed by atoms with Gasteiger partial charge in [-0.3, -0.25) is 0 Å². The minimum Gasteiger partial charge on any atom is -0.311 e. The molecule has 0 saturated heterocycles. The fourth-order valence-electron chi connectivity index (χ4n) is 11.3. The Morgan fingerprint density at radius 3 is 1.14 bits per heavy atom. The molecular weight excluding hydrogens is 843 g/mol. The lowest BCUT2D eigenvalue weighted by Crippen LogP contribution is -2.28. The van der Waals surface area contributed by atoms with Gasteiger partial charge in [0.1, 0.15) is 0 Å². The Labute approximate surface area is 409 Å². The summed E-state index contributed by atoms with van der Waals surface area (Å²) in [5.74, 6) is 0.